The highest BCUT2D eigenvalue weighted by atomic mass is 16.2. The molecule has 0 aliphatic heterocycles. The Labute approximate surface area is 210 Å². The molecule has 0 aliphatic rings. The summed E-state index contributed by atoms with van der Waals surface area (Å²) >= 11 is 0. The summed E-state index contributed by atoms with van der Waals surface area (Å²) in [6.45, 7) is 1.82. The fourth-order valence-corrected chi connectivity index (χ4v) is 3.79. The summed E-state index contributed by atoms with van der Waals surface area (Å²) in [5.74, 6) is -1.43. The SMILES string of the molecule is CCn1cnc2c1c(=O)n(CC(=O)NNC(=O)/C=C/c1ccccc1C#N)c(=O)n2Cc1ccccc1. The Hall–Kier alpha value is -5.24. The maximum absolute atomic E-state index is 13.3. The molecule has 11 nitrogen and oxygen atoms in total. The molecule has 0 fully saturated rings. The number of nitriles is 1. The molecule has 37 heavy (non-hydrogen) atoms. The third kappa shape index (κ3) is 5.38. The topological polar surface area (TPSA) is 144 Å². The van der Waals surface area contributed by atoms with Crippen molar-refractivity contribution in [1.82, 2.24) is 29.5 Å². The minimum Gasteiger partial charge on any atom is -0.325 e. The number of nitrogens with zero attached hydrogens (tertiary/aromatic N) is 5. The van der Waals surface area contributed by atoms with Gasteiger partial charge in [0.25, 0.3) is 17.4 Å². The van der Waals surface area contributed by atoms with Gasteiger partial charge in [0.05, 0.1) is 24.5 Å². The molecule has 2 heterocycles. The van der Waals surface area contributed by atoms with Gasteiger partial charge in [0.15, 0.2) is 11.2 Å². The van der Waals surface area contributed by atoms with Crippen molar-refractivity contribution in [3.63, 3.8) is 0 Å². The predicted molar refractivity (Wildman–Crippen MR) is 136 cm³/mol. The first-order valence-corrected chi connectivity index (χ1v) is 11.4. The van der Waals surface area contributed by atoms with Crippen LogP contribution < -0.4 is 22.1 Å². The van der Waals surface area contributed by atoms with Crippen molar-refractivity contribution in [2.75, 3.05) is 0 Å². The first-order chi connectivity index (χ1) is 17.9. The third-order valence-corrected chi connectivity index (χ3v) is 5.63. The second-order valence-corrected chi connectivity index (χ2v) is 8.02. The zero-order chi connectivity index (χ0) is 26.4. The van der Waals surface area contributed by atoms with E-state index in [4.69, 9.17) is 5.26 Å². The number of hydrogen-bond donors (Lipinski definition) is 2. The Morgan fingerprint density at radius 3 is 2.49 bits per heavy atom. The number of hydrazine groups is 1. The van der Waals surface area contributed by atoms with Crippen LogP contribution in [0.5, 0.6) is 0 Å². The molecule has 2 aromatic carbocycles. The molecule has 186 valence electrons. The van der Waals surface area contributed by atoms with Gasteiger partial charge < -0.3 is 4.57 Å². The van der Waals surface area contributed by atoms with E-state index in [1.807, 2.05) is 43.3 Å². The van der Waals surface area contributed by atoms with E-state index < -0.39 is 29.6 Å². The van der Waals surface area contributed by atoms with Gasteiger partial charge in [-0.3, -0.25) is 29.8 Å². The third-order valence-electron chi connectivity index (χ3n) is 5.63. The van der Waals surface area contributed by atoms with E-state index in [9.17, 15) is 19.2 Å². The molecule has 0 saturated heterocycles. The van der Waals surface area contributed by atoms with Crippen LogP contribution in [0.1, 0.15) is 23.6 Å². The summed E-state index contributed by atoms with van der Waals surface area (Å²) in [7, 11) is 0. The quantitative estimate of drug-likeness (QED) is 0.290. The molecule has 0 radical (unpaired) electrons. The largest absolute Gasteiger partial charge is 0.333 e. The van der Waals surface area contributed by atoms with Crippen molar-refractivity contribution in [3.05, 3.63) is 105 Å². The zero-order valence-corrected chi connectivity index (χ0v) is 19.9. The highest BCUT2D eigenvalue weighted by Gasteiger charge is 2.19. The van der Waals surface area contributed by atoms with Crippen LogP contribution in [-0.4, -0.2) is 30.5 Å². The molecule has 4 aromatic rings. The van der Waals surface area contributed by atoms with Gasteiger partial charge >= 0.3 is 5.69 Å². The van der Waals surface area contributed by atoms with Crippen LogP contribution in [0.25, 0.3) is 17.2 Å². The van der Waals surface area contributed by atoms with Crippen molar-refractivity contribution < 1.29 is 9.59 Å². The molecule has 0 atom stereocenters. The van der Waals surface area contributed by atoms with Crippen molar-refractivity contribution in [2.45, 2.75) is 26.6 Å². The Balaban J connectivity index is 1.55. The van der Waals surface area contributed by atoms with E-state index in [0.29, 0.717) is 17.7 Å². The van der Waals surface area contributed by atoms with Crippen LogP contribution >= 0.6 is 0 Å². The summed E-state index contributed by atoms with van der Waals surface area (Å²) < 4.78 is 3.78. The number of fused-ring (bicyclic) bond motifs is 1. The lowest BCUT2D eigenvalue weighted by atomic mass is 10.1. The van der Waals surface area contributed by atoms with Gasteiger partial charge in [0.2, 0.25) is 0 Å². The van der Waals surface area contributed by atoms with E-state index in [-0.39, 0.29) is 17.7 Å². The normalized spacial score (nSPS) is 10.9. The molecule has 0 aliphatic carbocycles. The molecule has 2 N–H and O–H groups in total. The lowest BCUT2D eigenvalue weighted by molar-refractivity contribution is -0.127. The van der Waals surface area contributed by atoms with Gasteiger partial charge in [-0.25, -0.2) is 14.3 Å². The zero-order valence-electron chi connectivity index (χ0n) is 19.9. The van der Waals surface area contributed by atoms with Gasteiger partial charge in [-0.05, 0) is 30.2 Å². The Bertz CT molecular complexity index is 1660. The Morgan fingerprint density at radius 1 is 1.03 bits per heavy atom. The number of amides is 2. The van der Waals surface area contributed by atoms with Gasteiger partial charge in [0, 0.05) is 12.6 Å². The maximum atomic E-state index is 13.3. The predicted octanol–water partition coefficient (Wildman–Crippen LogP) is 1.16. The number of imidazole rings is 1. The van der Waals surface area contributed by atoms with Crippen LogP contribution in [0, 0.1) is 11.3 Å². The van der Waals surface area contributed by atoms with Gasteiger partial charge in [-0.15, -0.1) is 0 Å². The minimum atomic E-state index is -0.772. The molecule has 2 amide bonds. The number of aromatic nitrogens is 4. The summed E-state index contributed by atoms with van der Waals surface area (Å²) in [4.78, 5) is 55.4. The van der Waals surface area contributed by atoms with Gasteiger partial charge in [0.1, 0.15) is 6.54 Å². The number of aryl methyl sites for hydroxylation is 1. The molecule has 11 heteroatoms. The molecule has 0 spiro atoms. The van der Waals surface area contributed by atoms with Crippen molar-refractivity contribution >= 4 is 29.1 Å². The van der Waals surface area contributed by atoms with Crippen LogP contribution in [0.4, 0.5) is 0 Å². The second-order valence-electron chi connectivity index (χ2n) is 8.02. The van der Waals surface area contributed by atoms with E-state index in [0.717, 1.165) is 16.2 Å². The molecule has 0 bridgehead atoms. The number of rotatable bonds is 7. The molecule has 0 saturated carbocycles. The monoisotopic (exact) mass is 497 g/mol. The second kappa shape index (κ2) is 11.0. The van der Waals surface area contributed by atoms with E-state index in [1.165, 1.54) is 17.0 Å². The highest BCUT2D eigenvalue weighted by molar-refractivity contribution is 5.93. The van der Waals surface area contributed by atoms with Crippen molar-refractivity contribution in [2.24, 2.45) is 0 Å². The summed E-state index contributed by atoms with van der Waals surface area (Å²) in [6.07, 6.45) is 4.07. The molecule has 4 rings (SSSR count). The van der Waals surface area contributed by atoms with Gasteiger partial charge in [-0.1, -0.05) is 48.5 Å². The smallest absolute Gasteiger partial charge is 0.325 e. The lowest BCUT2D eigenvalue weighted by Crippen LogP contribution is -2.48. The highest BCUT2D eigenvalue weighted by Crippen LogP contribution is 2.10. The molecular weight excluding hydrogens is 474 g/mol. The van der Waals surface area contributed by atoms with Crippen LogP contribution in [-0.2, 0) is 29.2 Å². The van der Waals surface area contributed by atoms with Crippen molar-refractivity contribution in [3.8, 4) is 6.07 Å². The van der Waals surface area contributed by atoms with Crippen LogP contribution in [0.2, 0.25) is 0 Å². The van der Waals surface area contributed by atoms with Crippen LogP contribution in [0.15, 0.2) is 76.6 Å². The molecule has 2 aromatic heterocycles. The standard InChI is InChI=1S/C26H23N7O4/c1-2-31-17-28-24-23(31)25(36)33(26(37)32(24)15-18-8-4-3-5-9-18)16-22(35)30-29-21(34)13-12-19-10-6-7-11-20(19)14-27/h3-13,17H,2,15-16H2,1H3,(H,29,34)(H,30,35)/b13-12+. The summed E-state index contributed by atoms with van der Waals surface area (Å²) in [6, 6.07) is 17.9. The molecule has 0 unspecified atom stereocenters. The van der Waals surface area contributed by atoms with E-state index >= 15 is 0 Å². The first-order valence-electron chi connectivity index (χ1n) is 11.4. The fraction of sp³-hybridized carbons (Fsp3) is 0.154. The first kappa shape index (κ1) is 24.9. The summed E-state index contributed by atoms with van der Waals surface area (Å²) in [5, 5.41) is 9.13. The van der Waals surface area contributed by atoms with Crippen LogP contribution in [0.3, 0.4) is 0 Å². The minimum absolute atomic E-state index is 0.157. The number of benzene rings is 2. The van der Waals surface area contributed by atoms with Crippen molar-refractivity contribution in [1.29, 1.82) is 5.26 Å². The number of carbonyl (C=O) groups is 2. The lowest BCUT2D eigenvalue weighted by Gasteiger charge is -2.12. The number of carbonyl (C=O) groups excluding carboxylic acids is 2. The Kier molecular flexibility index (Phi) is 7.40. The average molecular weight is 498 g/mol. The number of nitrogens with one attached hydrogen (secondary N) is 2. The number of hydrogen-bond acceptors (Lipinski definition) is 6. The maximum Gasteiger partial charge on any atom is 0.333 e. The van der Waals surface area contributed by atoms with Gasteiger partial charge in [-0.2, -0.15) is 5.26 Å². The Morgan fingerprint density at radius 2 is 1.76 bits per heavy atom. The average Bonchev–Trinajstić information content (AvgIpc) is 3.36. The van der Waals surface area contributed by atoms with E-state index in [2.05, 4.69) is 15.8 Å². The van der Waals surface area contributed by atoms with E-state index in [1.54, 1.807) is 28.8 Å². The summed E-state index contributed by atoms with van der Waals surface area (Å²) in [5.41, 5.74) is 5.25. The molecular formula is C26H23N7O4. The fourth-order valence-electron chi connectivity index (χ4n) is 3.79.